The van der Waals surface area contributed by atoms with Crippen molar-refractivity contribution < 1.29 is 24.3 Å². The summed E-state index contributed by atoms with van der Waals surface area (Å²) in [6.45, 7) is 0.542. The van der Waals surface area contributed by atoms with Crippen LogP contribution in [0.5, 0.6) is 0 Å². The standard InChI is InChI=1S/C9H14N2O5/c12-8(13)5-15-10-9(14)11-3-6-1-2-7(4-11)16-6/h6-7H,1-5H2,(H,10,14)(H,12,13). The maximum atomic E-state index is 11.5. The van der Waals surface area contributed by atoms with E-state index in [9.17, 15) is 9.59 Å². The maximum absolute atomic E-state index is 11.5. The second-order valence-electron chi connectivity index (χ2n) is 3.95. The number of likely N-dealkylation sites (tertiary alicyclic amines) is 1. The Morgan fingerprint density at radius 2 is 2.00 bits per heavy atom. The molecule has 2 fully saturated rings. The molecule has 7 nitrogen and oxygen atoms in total. The molecule has 16 heavy (non-hydrogen) atoms. The first-order valence-corrected chi connectivity index (χ1v) is 5.19. The molecule has 0 aliphatic carbocycles. The van der Waals surface area contributed by atoms with Gasteiger partial charge in [-0.05, 0) is 12.8 Å². The molecule has 2 N–H and O–H groups in total. The van der Waals surface area contributed by atoms with Gasteiger partial charge in [-0.15, -0.1) is 0 Å². The largest absolute Gasteiger partial charge is 0.479 e. The van der Waals surface area contributed by atoms with Gasteiger partial charge in [0.1, 0.15) is 0 Å². The Kier molecular flexibility index (Phi) is 3.25. The summed E-state index contributed by atoms with van der Waals surface area (Å²) in [6.07, 6.45) is 2.18. The molecule has 2 bridgehead atoms. The Morgan fingerprint density at radius 3 is 2.56 bits per heavy atom. The van der Waals surface area contributed by atoms with Crippen molar-refractivity contribution in [1.82, 2.24) is 10.4 Å². The first-order chi connectivity index (χ1) is 7.65. The Bertz CT molecular complexity index is 284. The van der Waals surface area contributed by atoms with E-state index in [1.807, 2.05) is 0 Å². The van der Waals surface area contributed by atoms with Gasteiger partial charge in [0.2, 0.25) is 0 Å². The van der Waals surface area contributed by atoms with Crippen LogP contribution >= 0.6 is 0 Å². The minimum absolute atomic E-state index is 0.115. The summed E-state index contributed by atoms with van der Waals surface area (Å²) in [5, 5.41) is 8.32. The van der Waals surface area contributed by atoms with Crippen molar-refractivity contribution in [2.75, 3.05) is 19.7 Å². The fourth-order valence-corrected chi connectivity index (χ4v) is 2.00. The number of carbonyl (C=O) groups is 2. The normalized spacial score (nSPS) is 27.9. The van der Waals surface area contributed by atoms with E-state index in [2.05, 4.69) is 10.3 Å². The predicted molar refractivity (Wildman–Crippen MR) is 51.6 cm³/mol. The summed E-state index contributed by atoms with van der Waals surface area (Å²) in [4.78, 5) is 27.8. The SMILES string of the molecule is O=C(O)CONC(=O)N1CC2CCC(C1)O2. The van der Waals surface area contributed by atoms with E-state index in [-0.39, 0.29) is 12.2 Å². The first kappa shape index (κ1) is 11.2. The van der Waals surface area contributed by atoms with E-state index in [1.165, 1.54) is 0 Å². The third-order valence-corrected chi connectivity index (χ3v) is 2.69. The fourth-order valence-electron chi connectivity index (χ4n) is 2.00. The topological polar surface area (TPSA) is 88.1 Å². The van der Waals surface area contributed by atoms with E-state index in [0.29, 0.717) is 13.1 Å². The van der Waals surface area contributed by atoms with Crippen molar-refractivity contribution in [3.8, 4) is 0 Å². The molecule has 2 atom stereocenters. The molecule has 2 amide bonds. The molecule has 90 valence electrons. The summed E-state index contributed by atoms with van der Waals surface area (Å²) < 4.78 is 5.56. The summed E-state index contributed by atoms with van der Waals surface area (Å²) in [5.41, 5.74) is 2.10. The van der Waals surface area contributed by atoms with Crippen LogP contribution in [0.15, 0.2) is 0 Å². The van der Waals surface area contributed by atoms with Gasteiger partial charge in [0.15, 0.2) is 6.61 Å². The molecule has 2 aliphatic heterocycles. The highest BCUT2D eigenvalue weighted by Crippen LogP contribution is 2.25. The van der Waals surface area contributed by atoms with Crippen LogP contribution in [0.1, 0.15) is 12.8 Å². The third-order valence-electron chi connectivity index (χ3n) is 2.69. The molecule has 0 radical (unpaired) electrons. The van der Waals surface area contributed by atoms with Crippen LogP contribution in [0.2, 0.25) is 0 Å². The fraction of sp³-hybridized carbons (Fsp3) is 0.778. The number of aliphatic carboxylic acids is 1. The number of hydrogen-bond acceptors (Lipinski definition) is 4. The number of nitrogens with zero attached hydrogens (tertiary/aromatic N) is 1. The number of nitrogens with one attached hydrogen (secondary N) is 1. The molecule has 2 saturated heterocycles. The number of ether oxygens (including phenoxy) is 1. The zero-order valence-electron chi connectivity index (χ0n) is 8.72. The molecule has 2 aliphatic rings. The number of urea groups is 1. The monoisotopic (exact) mass is 230 g/mol. The van der Waals surface area contributed by atoms with Crippen molar-refractivity contribution in [3.63, 3.8) is 0 Å². The Labute approximate surface area is 92.3 Å². The number of carbonyl (C=O) groups excluding carboxylic acids is 1. The first-order valence-electron chi connectivity index (χ1n) is 5.19. The number of fused-ring (bicyclic) bond motifs is 2. The number of amides is 2. The zero-order valence-corrected chi connectivity index (χ0v) is 8.72. The minimum atomic E-state index is -1.12. The van der Waals surface area contributed by atoms with E-state index in [1.54, 1.807) is 4.90 Å². The van der Waals surface area contributed by atoms with Crippen LogP contribution in [0.25, 0.3) is 0 Å². The smallest absolute Gasteiger partial charge is 0.341 e. The summed E-state index contributed by atoms with van der Waals surface area (Å²) in [6, 6.07) is -0.401. The second kappa shape index (κ2) is 4.67. The number of rotatable bonds is 3. The van der Waals surface area contributed by atoms with Crippen LogP contribution in [0.4, 0.5) is 4.79 Å². The van der Waals surface area contributed by atoms with Gasteiger partial charge >= 0.3 is 12.0 Å². The van der Waals surface area contributed by atoms with Crippen LogP contribution < -0.4 is 5.48 Å². The van der Waals surface area contributed by atoms with Crippen molar-refractivity contribution in [2.45, 2.75) is 25.0 Å². The van der Waals surface area contributed by atoms with Gasteiger partial charge in [0.25, 0.3) is 0 Å². The third kappa shape index (κ3) is 2.61. The average molecular weight is 230 g/mol. The summed E-state index contributed by atoms with van der Waals surface area (Å²) in [7, 11) is 0. The molecule has 0 saturated carbocycles. The Balaban J connectivity index is 1.75. The van der Waals surface area contributed by atoms with Crippen molar-refractivity contribution in [3.05, 3.63) is 0 Å². The van der Waals surface area contributed by atoms with Gasteiger partial charge in [-0.1, -0.05) is 0 Å². The summed E-state index contributed by atoms with van der Waals surface area (Å²) in [5.74, 6) is -1.12. The molecular formula is C9H14N2O5. The molecule has 0 aromatic heterocycles. The maximum Gasteiger partial charge on any atom is 0.341 e. The number of hydroxylamine groups is 1. The lowest BCUT2D eigenvalue weighted by molar-refractivity contribution is -0.144. The van der Waals surface area contributed by atoms with Crippen LogP contribution in [-0.2, 0) is 14.4 Å². The van der Waals surface area contributed by atoms with E-state index in [4.69, 9.17) is 9.84 Å². The molecular weight excluding hydrogens is 216 g/mol. The molecule has 0 aromatic rings. The molecule has 2 unspecified atom stereocenters. The van der Waals surface area contributed by atoms with Crippen LogP contribution in [0, 0.1) is 0 Å². The van der Waals surface area contributed by atoms with Gasteiger partial charge in [-0.25, -0.2) is 15.1 Å². The molecule has 0 spiro atoms. The minimum Gasteiger partial charge on any atom is -0.479 e. The zero-order chi connectivity index (χ0) is 11.5. The van der Waals surface area contributed by atoms with E-state index < -0.39 is 18.6 Å². The lowest BCUT2D eigenvalue weighted by atomic mass is 10.2. The quantitative estimate of drug-likeness (QED) is 0.642. The lowest BCUT2D eigenvalue weighted by Gasteiger charge is -2.31. The Morgan fingerprint density at radius 1 is 1.38 bits per heavy atom. The van der Waals surface area contributed by atoms with E-state index in [0.717, 1.165) is 12.8 Å². The number of carboxylic acid groups (broad SMARTS) is 1. The highest BCUT2D eigenvalue weighted by Gasteiger charge is 2.35. The van der Waals surface area contributed by atoms with Gasteiger partial charge in [-0.2, -0.15) is 0 Å². The lowest BCUT2D eigenvalue weighted by Crippen LogP contribution is -2.50. The van der Waals surface area contributed by atoms with E-state index >= 15 is 0 Å². The van der Waals surface area contributed by atoms with Crippen molar-refractivity contribution in [1.29, 1.82) is 0 Å². The average Bonchev–Trinajstić information content (AvgIpc) is 2.57. The summed E-state index contributed by atoms with van der Waals surface area (Å²) >= 11 is 0. The highest BCUT2D eigenvalue weighted by atomic mass is 16.7. The number of carboxylic acids is 1. The van der Waals surface area contributed by atoms with Gasteiger partial charge in [-0.3, -0.25) is 4.84 Å². The molecule has 7 heteroatoms. The Hall–Kier alpha value is -1.34. The molecule has 2 rings (SSSR count). The molecule has 2 heterocycles. The van der Waals surface area contributed by atoms with Gasteiger partial charge in [0.05, 0.1) is 12.2 Å². The number of hydrogen-bond donors (Lipinski definition) is 2. The second-order valence-corrected chi connectivity index (χ2v) is 3.95. The van der Waals surface area contributed by atoms with Crippen molar-refractivity contribution >= 4 is 12.0 Å². The van der Waals surface area contributed by atoms with Crippen molar-refractivity contribution in [2.24, 2.45) is 0 Å². The number of morpholine rings is 1. The molecule has 0 aromatic carbocycles. The predicted octanol–water partition coefficient (Wildman–Crippen LogP) is -0.425. The van der Waals surface area contributed by atoms with Gasteiger partial charge in [0, 0.05) is 13.1 Å². The highest BCUT2D eigenvalue weighted by molar-refractivity contribution is 5.74. The van der Waals surface area contributed by atoms with Crippen LogP contribution in [-0.4, -0.2) is 53.9 Å². The van der Waals surface area contributed by atoms with Gasteiger partial charge < -0.3 is 14.7 Å². The van der Waals surface area contributed by atoms with Crippen LogP contribution in [0.3, 0.4) is 0 Å².